The number of allylic oxidation sites excluding steroid dienone is 8. The van der Waals surface area contributed by atoms with Gasteiger partial charge in [-0.1, -0.05) is 126 Å². The van der Waals surface area contributed by atoms with Crippen LogP contribution in [-0.2, 0) is 41.8 Å². The Morgan fingerprint density at radius 2 is 1.10 bits per heavy atom. The van der Waals surface area contributed by atoms with Crippen molar-refractivity contribution in [2.24, 2.45) is 0 Å². The van der Waals surface area contributed by atoms with Crippen molar-refractivity contribution in [3.05, 3.63) is 60.8 Å². The molecule has 0 aliphatic heterocycles. The Kier molecular flexibility index (Phi) is 36.3. The second-order valence-corrected chi connectivity index (χ2v) is 16.8. The van der Waals surface area contributed by atoms with Gasteiger partial charge in [-0.15, -0.1) is 0 Å². The van der Waals surface area contributed by atoms with Crippen LogP contribution in [0.5, 0.6) is 0 Å². The van der Waals surface area contributed by atoms with Gasteiger partial charge in [0.2, 0.25) is 0 Å². The number of carbonyl (C=O) groups excluding carboxylic acids is 2. The van der Waals surface area contributed by atoms with Gasteiger partial charge in [-0.3, -0.25) is 23.2 Å². The Balaban J connectivity index is 4.70. The molecule has 0 saturated heterocycles. The quantitative estimate of drug-likeness (QED) is 0.0128. The van der Waals surface area contributed by atoms with Gasteiger partial charge in [-0.2, -0.15) is 0 Å². The van der Waals surface area contributed by atoms with Crippen molar-refractivity contribution >= 4 is 27.6 Å². The highest BCUT2D eigenvalue weighted by molar-refractivity contribution is 7.47. The van der Waals surface area contributed by atoms with Gasteiger partial charge in [-0.05, 0) is 70.6 Å². The van der Waals surface area contributed by atoms with Crippen molar-refractivity contribution in [2.75, 3.05) is 26.4 Å². The van der Waals surface area contributed by atoms with Crippen molar-refractivity contribution in [3.8, 4) is 0 Å². The average molecular weight is 865 g/mol. The summed E-state index contributed by atoms with van der Waals surface area (Å²) in [5, 5.41) is 19.7. The summed E-state index contributed by atoms with van der Waals surface area (Å²) >= 11 is 0. The maximum Gasteiger partial charge on any atom is 0.472 e. The fourth-order valence-corrected chi connectivity index (χ4v) is 6.34. The lowest BCUT2D eigenvalue weighted by Crippen LogP contribution is -2.30. The van der Waals surface area contributed by atoms with E-state index in [9.17, 15) is 33.8 Å². The summed E-state index contributed by atoms with van der Waals surface area (Å²) in [5.41, 5.74) is 0. The molecule has 58 heavy (non-hydrogen) atoms. The average Bonchev–Trinajstić information content (AvgIpc) is 3.17. The van der Waals surface area contributed by atoms with Crippen LogP contribution in [-0.4, -0.2) is 81.6 Å². The standard InChI is InChI=1S/C42H74O14P2/c1-3-5-7-9-11-12-13-14-15-16-21-25-29-33-42(46)56-40(37-55-58(50,51)54-35-39(44)34-53-57(47,48)49)36-52-41(45)32-28-24-20-18-17-19-23-27-31-38(43)30-26-22-10-8-6-4-2/h12-13,18-20,22-23,26-27,31,38-40,43-44H,3-11,14-17,21,24-25,28-30,32-37H2,1-2H3,(H,50,51)(H2,47,48,49)/b13-12-,20-18-,23-19-,26-22-,31-27+/t38-,39+,40-/m1/s1. The summed E-state index contributed by atoms with van der Waals surface area (Å²) in [6.45, 7) is 1.54. The summed E-state index contributed by atoms with van der Waals surface area (Å²) in [5.74, 6) is -1.15. The molecule has 0 saturated carbocycles. The van der Waals surface area contributed by atoms with Crippen molar-refractivity contribution in [3.63, 3.8) is 0 Å². The molecule has 0 spiro atoms. The van der Waals surface area contributed by atoms with Gasteiger partial charge in [0.25, 0.3) is 0 Å². The first-order valence-corrected chi connectivity index (χ1v) is 24.1. The Hall–Kier alpha value is -2.22. The number of aliphatic hydroxyl groups excluding tert-OH is 2. The second kappa shape index (κ2) is 37.8. The summed E-state index contributed by atoms with van der Waals surface area (Å²) in [4.78, 5) is 52.6. The van der Waals surface area contributed by atoms with E-state index < -0.39 is 72.3 Å². The summed E-state index contributed by atoms with van der Waals surface area (Å²) in [6, 6.07) is 0. The van der Waals surface area contributed by atoms with Gasteiger partial charge in [-0.25, -0.2) is 9.13 Å². The lowest BCUT2D eigenvalue weighted by Gasteiger charge is -2.20. The zero-order chi connectivity index (χ0) is 43.2. The number of esters is 2. The highest BCUT2D eigenvalue weighted by Gasteiger charge is 2.28. The minimum absolute atomic E-state index is 0.0836. The minimum Gasteiger partial charge on any atom is -0.462 e. The van der Waals surface area contributed by atoms with Gasteiger partial charge >= 0.3 is 27.6 Å². The Labute approximate surface area is 347 Å². The molecular formula is C42H74O14P2. The largest absolute Gasteiger partial charge is 0.472 e. The molecule has 16 heteroatoms. The van der Waals surface area contributed by atoms with E-state index in [4.69, 9.17) is 23.8 Å². The number of rotatable bonds is 39. The van der Waals surface area contributed by atoms with Gasteiger partial charge in [0.1, 0.15) is 12.7 Å². The van der Waals surface area contributed by atoms with Crippen LogP contribution in [0.1, 0.15) is 149 Å². The molecular weight excluding hydrogens is 790 g/mol. The van der Waals surface area contributed by atoms with Crippen LogP contribution < -0.4 is 0 Å². The number of unbranched alkanes of at least 4 members (excludes halogenated alkanes) is 13. The first-order chi connectivity index (χ1) is 27.8. The zero-order valence-corrected chi connectivity index (χ0v) is 36.8. The third-order valence-electron chi connectivity index (χ3n) is 8.45. The van der Waals surface area contributed by atoms with Crippen LogP contribution in [0.4, 0.5) is 0 Å². The lowest BCUT2D eigenvalue weighted by atomic mass is 10.1. The Morgan fingerprint density at radius 1 is 0.569 bits per heavy atom. The van der Waals surface area contributed by atoms with E-state index in [-0.39, 0.29) is 12.8 Å². The molecule has 0 aromatic rings. The highest BCUT2D eigenvalue weighted by atomic mass is 31.2. The normalized spacial score (nSPS) is 15.2. The molecule has 0 radical (unpaired) electrons. The van der Waals surface area contributed by atoms with E-state index in [0.29, 0.717) is 32.1 Å². The maximum atomic E-state index is 12.6. The molecule has 0 aromatic carbocycles. The van der Waals surface area contributed by atoms with Crippen LogP contribution in [0, 0.1) is 0 Å². The van der Waals surface area contributed by atoms with Crippen molar-refractivity contribution < 1.29 is 66.7 Å². The Morgan fingerprint density at radius 3 is 1.79 bits per heavy atom. The third kappa shape index (κ3) is 40.6. The van der Waals surface area contributed by atoms with Gasteiger partial charge < -0.3 is 34.4 Å². The van der Waals surface area contributed by atoms with Crippen molar-refractivity contribution in [1.82, 2.24) is 0 Å². The molecule has 0 aromatic heterocycles. The SMILES string of the molecule is CCCCC/C=C\C[C@@H](O)/C=C/C=C\C/C=C\CCCC(=O)OC[C@H](COP(=O)(O)OC[C@@H](O)COP(=O)(O)O)OC(=O)CCCCCCC/C=C\CCCCCC. The second-order valence-electron chi connectivity index (χ2n) is 14.1. The molecule has 0 amide bonds. The fraction of sp³-hybridized carbons (Fsp3) is 0.714. The van der Waals surface area contributed by atoms with E-state index in [2.05, 4.69) is 41.1 Å². The monoisotopic (exact) mass is 864 g/mol. The summed E-state index contributed by atoms with van der Waals surface area (Å²) < 4.78 is 47.6. The number of aliphatic hydroxyl groups is 2. The first-order valence-electron chi connectivity index (χ1n) is 21.1. The summed E-state index contributed by atoms with van der Waals surface area (Å²) in [6.07, 6.45) is 35.4. The lowest BCUT2D eigenvalue weighted by molar-refractivity contribution is -0.161. The van der Waals surface area contributed by atoms with E-state index >= 15 is 0 Å². The van der Waals surface area contributed by atoms with E-state index in [1.165, 1.54) is 44.9 Å². The number of hydrogen-bond donors (Lipinski definition) is 5. The number of carbonyl (C=O) groups is 2. The maximum absolute atomic E-state index is 12.6. The molecule has 4 atom stereocenters. The van der Waals surface area contributed by atoms with Crippen LogP contribution in [0.3, 0.4) is 0 Å². The molecule has 0 heterocycles. The predicted molar refractivity (Wildman–Crippen MR) is 227 cm³/mol. The summed E-state index contributed by atoms with van der Waals surface area (Å²) in [7, 11) is -9.71. The molecule has 0 aliphatic rings. The molecule has 336 valence electrons. The Bertz CT molecular complexity index is 1280. The molecule has 5 N–H and O–H groups in total. The number of hydrogen-bond acceptors (Lipinski definition) is 11. The van der Waals surface area contributed by atoms with E-state index in [1.54, 1.807) is 6.08 Å². The molecule has 0 bridgehead atoms. The number of ether oxygens (including phenoxy) is 2. The van der Waals surface area contributed by atoms with E-state index in [0.717, 1.165) is 44.9 Å². The molecule has 14 nitrogen and oxygen atoms in total. The van der Waals surface area contributed by atoms with E-state index in [1.807, 2.05) is 36.5 Å². The molecule has 0 fully saturated rings. The van der Waals surface area contributed by atoms with Crippen molar-refractivity contribution in [1.29, 1.82) is 0 Å². The van der Waals surface area contributed by atoms with Crippen LogP contribution >= 0.6 is 15.6 Å². The molecule has 0 rings (SSSR count). The topological polar surface area (TPSA) is 216 Å². The number of phosphoric ester groups is 2. The van der Waals surface area contributed by atoms with Crippen molar-refractivity contribution in [2.45, 2.75) is 167 Å². The smallest absolute Gasteiger partial charge is 0.462 e. The number of phosphoric acid groups is 2. The van der Waals surface area contributed by atoms with Crippen LogP contribution in [0.25, 0.3) is 0 Å². The van der Waals surface area contributed by atoms with Gasteiger partial charge in [0.15, 0.2) is 6.10 Å². The van der Waals surface area contributed by atoms with Gasteiger partial charge in [0.05, 0.1) is 25.9 Å². The third-order valence-corrected chi connectivity index (χ3v) is 9.89. The zero-order valence-electron chi connectivity index (χ0n) is 35.0. The van der Waals surface area contributed by atoms with Crippen LogP contribution in [0.15, 0.2) is 60.8 Å². The van der Waals surface area contributed by atoms with Gasteiger partial charge in [0, 0.05) is 12.8 Å². The predicted octanol–water partition coefficient (Wildman–Crippen LogP) is 9.42. The first kappa shape index (κ1) is 55.8. The molecule has 0 aliphatic carbocycles. The fourth-order valence-electron chi connectivity index (χ4n) is 5.18. The van der Waals surface area contributed by atoms with Crippen LogP contribution in [0.2, 0.25) is 0 Å². The molecule has 1 unspecified atom stereocenters. The minimum atomic E-state index is -4.88. The highest BCUT2D eigenvalue weighted by Crippen LogP contribution is 2.43.